The molecular weight excluding hydrogens is 460 g/mol. The molecule has 1 unspecified atom stereocenters. The fourth-order valence-corrected chi connectivity index (χ4v) is 4.96. The number of amides is 2. The van der Waals surface area contributed by atoms with Crippen LogP contribution in [0.4, 0.5) is 0 Å². The van der Waals surface area contributed by atoms with Crippen LogP contribution in [0.25, 0.3) is 0 Å². The first-order chi connectivity index (χ1) is 17.5. The number of ketones is 1. The van der Waals surface area contributed by atoms with Gasteiger partial charge in [-0.3, -0.25) is 19.3 Å². The van der Waals surface area contributed by atoms with Gasteiger partial charge in [0.25, 0.3) is 5.91 Å². The topological polar surface area (TPSA) is 110 Å². The Morgan fingerprint density at radius 3 is 2.61 bits per heavy atom. The quantitative estimate of drug-likeness (QED) is 0.500. The lowest BCUT2D eigenvalue weighted by atomic mass is 9.89. The Bertz CT molecular complexity index is 1040. The molecule has 36 heavy (non-hydrogen) atoms. The average molecular weight is 495 g/mol. The number of carbonyl (C=O) groups excluding carboxylic acids is 3. The molecule has 3 aliphatic heterocycles. The van der Waals surface area contributed by atoms with Crippen molar-refractivity contribution in [2.45, 2.75) is 38.5 Å². The zero-order chi connectivity index (χ0) is 24.9. The summed E-state index contributed by atoms with van der Waals surface area (Å²) in [4.78, 5) is 48.1. The van der Waals surface area contributed by atoms with Crippen molar-refractivity contribution in [3.63, 3.8) is 0 Å². The molecule has 9 nitrogen and oxygen atoms in total. The molecule has 3 heterocycles. The molecule has 1 atom stereocenters. The van der Waals surface area contributed by atoms with Gasteiger partial charge in [-0.25, -0.2) is 4.99 Å². The van der Waals surface area contributed by atoms with E-state index in [9.17, 15) is 14.4 Å². The molecule has 0 bridgehead atoms. The number of hydrogen-bond acceptors (Lipinski definition) is 7. The lowest BCUT2D eigenvalue weighted by Gasteiger charge is -2.30. The van der Waals surface area contributed by atoms with E-state index in [2.05, 4.69) is 20.2 Å². The summed E-state index contributed by atoms with van der Waals surface area (Å²) in [5, 5.41) is 2.82. The van der Waals surface area contributed by atoms with Gasteiger partial charge in [0, 0.05) is 23.6 Å². The van der Waals surface area contributed by atoms with Gasteiger partial charge in [0.05, 0.1) is 32.9 Å². The van der Waals surface area contributed by atoms with Crippen molar-refractivity contribution in [3.05, 3.63) is 29.8 Å². The maximum atomic E-state index is 13.0. The number of nitrogens with one attached hydrogen (secondary N) is 1. The van der Waals surface area contributed by atoms with E-state index < -0.39 is 0 Å². The van der Waals surface area contributed by atoms with Crippen LogP contribution >= 0.6 is 0 Å². The molecule has 4 aliphatic rings. The molecule has 1 aliphatic carbocycles. The Labute approximate surface area is 211 Å². The summed E-state index contributed by atoms with van der Waals surface area (Å²) in [5.74, 6) is 1.39. The number of carbonyl (C=O) groups is 3. The van der Waals surface area contributed by atoms with Gasteiger partial charge in [0.15, 0.2) is 11.6 Å². The Kier molecular flexibility index (Phi) is 7.87. The third-order valence-electron chi connectivity index (χ3n) is 7.40. The molecule has 0 radical (unpaired) electrons. The van der Waals surface area contributed by atoms with E-state index in [1.165, 1.54) is 12.8 Å². The van der Waals surface area contributed by atoms with E-state index in [-0.39, 0.29) is 42.5 Å². The molecule has 1 aromatic rings. The van der Waals surface area contributed by atoms with Crippen molar-refractivity contribution < 1.29 is 23.9 Å². The van der Waals surface area contributed by atoms with E-state index in [0.29, 0.717) is 38.6 Å². The first-order valence-corrected chi connectivity index (χ1v) is 13.1. The lowest BCUT2D eigenvalue weighted by molar-refractivity contribution is -0.123. The fourth-order valence-electron chi connectivity index (χ4n) is 4.96. The lowest BCUT2D eigenvalue weighted by Crippen LogP contribution is -2.44. The maximum absolute atomic E-state index is 13.0. The highest BCUT2D eigenvalue weighted by Gasteiger charge is 2.32. The molecule has 5 rings (SSSR count). The molecule has 9 heteroatoms. The summed E-state index contributed by atoms with van der Waals surface area (Å²) in [6.45, 7) is 3.39. The van der Waals surface area contributed by atoms with E-state index in [1.807, 2.05) is 24.3 Å². The predicted octanol–water partition coefficient (Wildman–Crippen LogP) is 2.29. The van der Waals surface area contributed by atoms with Crippen LogP contribution in [0.3, 0.4) is 0 Å². The van der Waals surface area contributed by atoms with Crippen LogP contribution in [0.5, 0.6) is 5.75 Å². The first-order valence-electron chi connectivity index (χ1n) is 13.1. The van der Waals surface area contributed by atoms with Gasteiger partial charge < -0.3 is 14.8 Å². The minimum absolute atomic E-state index is 0.0307. The van der Waals surface area contributed by atoms with Gasteiger partial charge in [-0.1, -0.05) is 12.8 Å². The number of piperidine rings is 1. The Morgan fingerprint density at radius 2 is 1.86 bits per heavy atom. The minimum Gasteiger partial charge on any atom is -0.494 e. The average Bonchev–Trinajstić information content (AvgIpc) is 3.73. The number of hydrogen-bond donors (Lipinski definition) is 1. The van der Waals surface area contributed by atoms with Crippen molar-refractivity contribution in [3.8, 4) is 5.75 Å². The maximum Gasteiger partial charge on any atom is 0.258 e. The van der Waals surface area contributed by atoms with Gasteiger partial charge >= 0.3 is 0 Å². The first kappa shape index (κ1) is 24.8. The third kappa shape index (κ3) is 6.44. The highest BCUT2D eigenvalue weighted by molar-refractivity contribution is 6.17. The Morgan fingerprint density at radius 1 is 1.08 bits per heavy atom. The number of ether oxygens (including phenoxy) is 2. The standard InChI is InChI=1S/C27H34N4O5/c32-25(28-15-24-29-23-10-13-35-17-22(23)27(34)30-24)16-31-11-7-20(8-12-31)26(33)19-3-5-21(6-4-19)36-14-9-18-1-2-18/h3-6,18,20,22H,1-2,7-17H2,(H,28,32). The number of rotatable bonds is 10. The van der Waals surface area contributed by atoms with Crippen LogP contribution < -0.4 is 10.1 Å². The SMILES string of the molecule is O=C(CN1CCC(C(=O)c2ccc(OCCC3CC3)cc2)CC1)NCC1=NC(=O)C2COCCC2=N1. The van der Waals surface area contributed by atoms with E-state index in [1.54, 1.807) is 0 Å². The molecule has 3 fully saturated rings. The van der Waals surface area contributed by atoms with Gasteiger partial charge in [0.1, 0.15) is 11.7 Å². The fraction of sp³-hybridized carbons (Fsp3) is 0.593. The minimum atomic E-state index is -0.370. The predicted molar refractivity (Wildman–Crippen MR) is 135 cm³/mol. The zero-order valence-electron chi connectivity index (χ0n) is 20.6. The van der Waals surface area contributed by atoms with Crippen LogP contribution in [0.2, 0.25) is 0 Å². The summed E-state index contributed by atoms with van der Waals surface area (Å²) in [5.41, 5.74) is 1.52. The molecule has 2 amide bonds. The van der Waals surface area contributed by atoms with Gasteiger partial charge in [-0.15, -0.1) is 0 Å². The van der Waals surface area contributed by atoms with Gasteiger partial charge in [0.2, 0.25) is 5.91 Å². The molecule has 1 N–H and O–H groups in total. The molecule has 0 spiro atoms. The third-order valence-corrected chi connectivity index (χ3v) is 7.40. The van der Waals surface area contributed by atoms with Crippen molar-refractivity contribution in [2.24, 2.45) is 27.7 Å². The summed E-state index contributed by atoms with van der Waals surface area (Å²) >= 11 is 0. The van der Waals surface area contributed by atoms with Crippen molar-refractivity contribution >= 4 is 29.1 Å². The normalized spacial score (nSPS) is 22.9. The van der Waals surface area contributed by atoms with Gasteiger partial charge in [-0.2, -0.15) is 4.99 Å². The molecule has 1 aromatic carbocycles. The van der Waals surface area contributed by atoms with E-state index in [4.69, 9.17) is 9.47 Å². The Hall–Kier alpha value is -2.91. The summed E-state index contributed by atoms with van der Waals surface area (Å²) in [7, 11) is 0. The highest BCUT2D eigenvalue weighted by atomic mass is 16.5. The number of nitrogens with zero attached hydrogens (tertiary/aromatic N) is 3. The number of likely N-dealkylation sites (tertiary alicyclic amines) is 1. The largest absolute Gasteiger partial charge is 0.494 e. The van der Waals surface area contributed by atoms with E-state index >= 15 is 0 Å². The second kappa shape index (κ2) is 11.4. The number of aliphatic imine (C=N–C) groups is 2. The number of amidine groups is 1. The number of benzene rings is 1. The second-order valence-electron chi connectivity index (χ2n) is 10.1. The molecule has 1 saturated carbocycles. The van der Waals surface area contributed by atoms with Crippen LogP contribution in [0.1, 0.15) is 48.9 Å². The monoisotopic (exact) mass is 494 g/mol. The molecule has 2 saturated heterocycles. The number of Topliss-reactive ketones (excluding diaryl/α,β-unsaturated/α-hetero) is 1. The van der Waals surface area contributed by atoms with Crippen molar-refractivity contribution in [2.75, 3.05) is 46.0 Å². The summed E-state index contributed by atoms with van der Waals surface area (Å²) in [6, 6.07) is 7.49. The Balaban J connectivity index is 1.02. The zero-order valence-corrected chi connectivity index (χ0v) is 20.6. The van der Waals surface area contributed by atoms with Crippen molar-refractivity contribution in [1.82, 2.24) is 10.2 Å². The van der Waals surface area contributed by atoms with E-state index in [0.717, 1.165) is 48.8 Å². The second-order valence-corrected chi connectivity index (χ2v) is 10.1. The summed E-state index contributed by atoms with van der Waals surface area (Å²) in [6.07, 6.45) is 5.83. The van der Waals surface area contributed by atoms with Crippen LogP contribution in [0.15, 0.2) is 34.3 Å². The number of fused-ring (bicyclic) bond motifs is 1. The van der Waals surface area contributed by atoms with Crippen LogP contribution in [-0.2, 0) is 14.3 Å². The molecule has 0 aromatic heterocycles. The highest BCUT2D eigenvalue weighted by Crippen LogP contribution is 2.32. The smallest absolute Gasteiger partial charge is 0.258 e. The van der Waals surface area contributed by atoms with Crippen LogP contribution in [0, 0.1) is 17.8 Å². The summed E-state index contributed by atoms with van der Waals surface area (Å²) < 4.78 is 11.1. The molecule has 192 valence electrons. The van der Waals surface area contributed by atoms with Crippen molar-refractivity contribution in [1.29, 1.82) is 0 Å². The van der Waals surface area contributed by atoms with Gasteiger partial charge in [-0.05, 0) is 62.5 Å². The van der Waals surface area contributed by atoms with Crippen LogP contribution in [-0.4, -0.2) is 80.0 Å². The molecular formula is C27H34N4O5.